The lowest BCUT2D eigenvalue weighted by atomic mass is 10.2. The van der Waals surface area contributed by atoms with Crippen LogP contribution in [0.1, 0.15) is 5.56 Å². The number of hydrogen-bond acceptors (Lipinski definition) is 4. The van der Waals surface area contributed by atoms with Gasteiger partial charge in [0.2, 0.25) is 0 Å². The van der Waals surface area contributed by atoms with E-state index < -0.39 is 15.8 Å². The van der Waals surface area contributed by atoms with Gasteiger partial charge in [-0.3, -0.25) is 4.72 Å². The molecule has 0 radical (unpaired) electrons. The largest absolute Gasteiger partial charge is 0.384 e. The Hall–Kier alpha value is -2.15. The van der Waals surface area contributed by atoms with Crippen LogP contribution in [0.5, 0.6) is 0 Å². The maximum atomic E-state index is 13.4. The molecule has 0 aliphatic rings. The Morgan fingerprint density at radius 1 is 1.26 bits per heavy atom. The van der Waals surface area contributed by atoms with Gasteiger partial charge >= 0.3 is 0 Å². The fraction of sp³-hybridized carbons (Fsp3) is 0.0833. The van der Waals surface area contributed by atoms with Crippen LogP contribution in [-0.2, 0) is 10.0 Å². The van der Waals surface area contributed by atoms with Crippen molar-refractivity contribution in [2.24, 2.45) is 0 Å². The van der Waals surface area contributed by atoms with Crippen LogP contribution in [0, 0.1) is 12.7 Å². The van der Waals surface area contributed by atoms with Gasteiger partial charge in [0.1, 0.15) is 11.6 Å². The number of aryl methyl sites for hydroxylation is 1. The molecule has 0 bridgehead atoms. The molecule has 100 valence electrons. The third-order valence-corrected chi connectivity index (χ3v) is 3.87. The molecule has 3 N–H and O–H groups in total. The number of sulfonamides is 1. The number of nitrogens with two attached hydrogens (primary N) is 1. The highest BCUT2D eigenvalue weighted by molar-refractivity contribution is 7.92. The molecule has 2 aromatic rings. The van der Waals surface area contributed by atoms with Crippen molar-refractivity contribution in [3.05, 3.63) is 47.9 Å². The number of hydrogen-bond donors (Lipinski definition) is 2. The molecule has 0 aliphatic carbocycles. The molecule has 1 heterocycles. The SMILES string of the molecule is Cc1ccc(S(=O)(=O)Nc2ccc(N)nc2)cc1F. The van der Waals surface area contributed by atoms with Crippen molar-refractivity contribution >= 4 is 21.5 Å². The summed E-state index contributed by atoms with van der Waals surface area (Å²) in [6, 6.07) is 6.66. The topological polar surface area (TPSA) is 85.1 Å². The zero-order valence-corrected chi connectivity index (χ0v) is 10.9. The first-order chi connectivity index (χ1) is 8.88. The Labute approximate surface area is 110 Å². The van der Waals surface area contributed by atoms with Crippen LogP contribution in [0.15, 0.2) is 41.4 Å². The molecule has 5 nitrogen and oxygen atoms in total. The summed E-state index contributed by atoms with van der Waals surface area (Å²) in [4.78, 5) is 3.62. The van der Waals surface area contributed by atoms with Crippen molar-refractivity contribution in [3.63, 3.8) is 0 Å². The molecule has 0 atom stereocenters. The molecule has 19 heavy (non-hydrogen) atoms. The first-order valence-corrected chi connectivity index (χ1v) is 6.87. The number of anilines is 2. The Balaban J connectivity index is 2.32. The van der Waals surface area contributed by atoms with Crippen LogP contribution in [0.3, 0.4) is 0 Å². The molecule has 1 aromatic heterocycles. The predicted molar refractivity (Wildman–Crippen MR) is 70.6 cm³/mol. The number of aromatic nitrogens is 1. The van der Waals surface area contributed by atoms with E-state index in [0.717, 1.165) is 6.07 Å². The quantitative estimate of drug-likeness (QED) is 0.900. The van der Waals surface area contributed by atoms with Gasteiger partial charge in [0.15, 0.2) is 0 Å². The molecule has 0 unspecified atom stereocenters. The highest BCUT2D eigenvalue weighted by Gasteiger charge is 2.15. The van der Waals surface area contributed by atoms with Gasteiger partial charge in [-0.2, -0.15) is 0 Å². The first kappa shape index (κ1) is 13.3. The van der Waals surface area contributed by atoms with Crippen LogP contribution in [-0.4, -0.2) is 13.4 Å². The van der Waals surface area contributed by atoms with Crippen LogP contribution in [0.4, 0.5) is 15.9 Å². The maximum absolute atomic E-state index is 13.4. The molecule has 0 amide bonds. The summed E-state index contributed by atoms with van der Waals surface area (Å²) in [6.45, 7) is 1.56. The Kier molecular flexibility index (Phi) is 3.39. The van der Waals surface area contributed by atoms with E-state index in [4.69, 9.17) is 5.73 Å². The van der Waals surface area contributed by atoms with Gasteiger partial charge in [-0.25, -0.2) is 17.8 Å². The molecule has 1 aromatic carbocycles. The smallest absolute Gasteiger partial charge is 0.262 e. The Bertz CT molecular complexity index is 699. The van der Waals surface area contributed by atoms with Gasteiger partial charge in [0, 0.05) is 0 Å². The zero-order chi connectivity index (χ0) is 14.0. The van der Waals surface area contributed by atoms with E-state index in [0.29, 0.717) is 5.56 Å². The standard InChI is InChI=1S/C12H12FN3O2S/c1-8-2-4-10(6-11(8)13)19(17,18)16-9-3-5-12(14)15-7-9/h2-7,16H,1H3,(H2,14,15). The van der Waals surface area contributed by atoms with Gasteiger partial charge in [0.05, 0.1) is 16.8 Å². The van der Waals surface area contributed by atoms with E-state index >= 15 is 0 Å². The molecule has 0 saturated heterocycles. The molecule has 0 aliphatic heterocycles. The van der Waals surface area contributed by atoms with Gasteiger partial charge < -0.3 is 5.73 Å². The van der Waals surface area contributed by atoms with Crippen LogP contribution >= 0.6 is 0 Å². The lowest BCUT2D eigenvalue weighted by Gasteiger charge is -2.08. The minimum absolute atomic E-state index is 0.146. The third-order valence-electron chi connectivity index (χ3n) is 2.49. The van der Waals surface area contributed by atoms with Gasteiger partial charge in [-0.05, 0) is 36.8 Å². The second-order valence-corrected chi connectivity index (χ2v) is 5.67. The predicted octanol–water partition coefficient (Wildman–Crippen LogP) is 1.91. The molecule has 0 fully saturated rings. The van der Waals surface area contributed by atoms with Gasteiger partial charge in [0.25, 0.3) is 10.0 Å². The number of halogens is 1. The van der Waals surface area contributed by atoms with E-state index in [1.807, 2.05) is 0 Å². The maximum Gasteiger partial charge on any atom is 0.262 e. The zero-order valence-electron chi connectivity index (χ0n) is 10.1. The second-order valence-electron chi connectivity index (χ2n) is 3.99. The van der Waals surface area contributed by atoms with E-state index in [1.54, 1.807) is 6.92 Å². The van der Waals surface area contributed by atoms with Crippen LogP contribution in [0.25, 0.3) is 0 Å². The van der Waals surface area contributed by atoms with Crippen LogP contribution in [0.2, 0.25) is 0 Å². The molecule has 7 heteroatoms. The highest BCUT2D eigenvalue weighted by Crippen LogP contribution is 2.18. The lowest BCUT2D eigenvalue weighted by molar-refractivity contribution is 0.593. The molecular formula is C12H12FN3O2S. The van der Waals surface area contributed by atoms with E-state index in [2.05, 4.69) is 9.71 Å². The molecule has 2 rings (SSSR count). The fourth-order valence-corrected chi connectivity index (χ4v) is 2.48. The van der Waals surface area contributed by atoms with Crippen molar-refractivity contribution in [1.82, 2.24) is 4.98 Å². The normalized spacial score (nSPS) is 11.3. The van der Waals surface area contributed by atoms with E-state index in [-0.39, 0.29) is 16.4 Å². The summed E-state index contributed by atoms with van der Waals surface area (Å²) >= 11 is 0. The van der Waals surface area contributed by atoms with E-state index in [1.165, 1.54) is 30.5 Å². The number of nitrogen functional groups attached to an aromatic ring is 1. The lowest BCUT2D eigenvalue weighted by Crippen LogP contribution is -2.13. The van der Waals surface area contributed by atoms with Gasteiger partial charge in [-0.1, -0.05) is 6.07 Å². The van der Waals surface area contributed by atoms with Crippen molar-refractivity contribution < 1.29 is 12.8 Å². The second kappa shape index (κ2) is 4.85. The minimum atomic E-state index is -3.84. The van der Waals surface area contributed by atoms with Crippen molar-refractivity contribution in [3.8, 4) is 0 Å². The molecule has 0 spiro atoms. The summed E-state index contributed by atoms with van der Waals surface area (Å²) < 4.78 is 39.7. The minimum Gasteiger partial charge on any atom is -0.384 e. The van der Waals surface area contributed by atoms with Crippen molar-refractivity contribution in [2.75, 3.05) is 10.5 Å². The average Bonchev–Trinajstić information content (AvgIpc) is 2.35. The number of pyridine rings is 1. The average molecular weight is 281 g/mol. The van der Waals surface area contributed by atoms with Crippen molar-refractivity contribution in [2.45, 2.75) is 11.8 Å². The fourth-order valence-electron chi connectivity index (χ4n) is 1.42. The number of rotatable bonds is 3. The molecular weight excluding hydrogens is 269 g/mol. The number of nitrogens with zero attached hydrogens (tertiary/aromatic N) is 1. The summed E-state index contributed by atoms with van der Waals surface area (Å²) in [5, 5.41) is 0. The van der Waals surface area contributed by atoms with Crippen LogP contribution < -0.4 is 10.5 Å². The number of benzene rings is 1. The monoisotopic (exact) mass is 281 g/mol. The summed E-state index contributed by atoms with van der Waals surface area (Å²) in [7, 11) is -3.84. The summed E-state index contributed by atoms with van der Waals surface area (Å²) in [6.07, 6.45) is 1.29. The Morgan fingerprint density at radius 2 is 2.00 bits per heavy atom. The molecule has 0 saturated carbocycles. The number of nitrogens with one attached hydrogen (secondary N) is 1. The Morgan fingerprint density at radius 3 is 2.58 bits per heavy atom. The van der Waals surface area contributed by atoms with Crippen molar-refractivity contribution in [1.29, 1.82) is 0 Å². The first-order valence-electron chi connectivity index (χ1n) is 5.39. The summed E-state index contributed by atoms with van der Waals surface area (Å²) in [5.41, 5.74) is 6.04. The van der Waals surface area contributed by atoms with E-state index in [9.17, 15) is 12.8 Å². The summed E-state index contributed by atoms with van der Waals surface area (Å²) in [5.74, 6) is -0.289. The third kappa shape index (κ3) is 3.00. The van der Waals surface area contributed by atoms with Gasteiger partial charge in [-0.15, -0.1) is 0 Å². The highest BCUT2D eigenvalue weighted by atomic mass is 32.2.